The molecule has 0 aliphatic carbocycles. The first-order valence-electron chi connectivity index (χ1n) is 6.77. The van der Waals surface area contributed by atoms with Crippen molar-refractivity contribution in [3.05, 3.63) is 59.7 Å². The van der Waals surface area contributed by atoms with Crippen LogP contribution in [0.1, 0.15) is 30.6 Å². The second kappa shape index (κ2) is 6.96. The average molecular weight is 272 g/mol. The van der Waals surface area contributed by atoms with Crippen LogP contribution in [0.3, 0.4) is 0 Å². The fraction of sp³-hybridized carbons (Fsp3) is 0.294. The van der Waals surface area contributed by atoms with E-state index in [9.17, 15) is 5.11 Å². The lowest BCUT2D eigenvalue weighted by Gasteiger charge is -2.11. The van der Waals surface area contributed by atoms with Gasteiger partial charge in [0.2, 0.25) is 0 Å². The van der Waals surface area contributed by atoms with Crippen LogP contribution in [0.25, 0.3) is 0 Å². The highest BCUT2D eigenvalue weighted by Crippen LogP contribution is 2.22. The largest absolute Gasteiger partial charge is 0.496 e. The van der Waals surface area contributed by atoms with E-state index in [-0.39, 0.29) is 0 Å². The number of hydrogen-bond donors (Lipinski definition) is 1. The molecule has 0 aromatic heterocycles. The van der Waals surface area contributed by atoms with Gasteiger partial charge in [0.1, 0.15) is 18.1 Å². The SMILES string of the molecule is CC[C@H](O)c1ccc(OCc2ccccc2OC)cc1. The Kier molecular flexibility index (Phi) is 5.02. The van der Waals surface area contributed by atoms with Crippen LogP contribution in [0.4, 0.5) is 0 Å². The zero-order valence-electron chi connectivity index (χ0n) is 11.9. The Hall–Kier alpha value is -2.00. The van der Waals surface area contributed by atoms with Crippen molar-refractivity contribution in [2.24, 2.45) is 0 Å². The minimum absolute atomic E-state index is 0.404. The molecular formula is C17H20O3. The standard InChI is InChI=1S/C17H20O3/c1-3-16(18)13-8-10-15(11-9-13)20-12-14-6-4-5-7-17(14)19-2/h4-11,16,18H,3,12H2,1-2H3/t16-/m0/s1. The van der Waals surface area contributed by atoms with E-state index >= 15 is 0 Å². The van der Waals surface area contributed by atoms with Crippen molar-refractivity contribution in [1.82, 2.24) is 0 Å². The number of aliphatic hydroxyl groups is 1. The molecule has 0 unspecified atom stereocenters. The van der Waals surface area contributed by atoms with E-state index in [0.29, 0.717) is 13.0 Å². The monoisotopic (exact) mass is 272 g/mol. The molecule has 0 fully saturated rings. The van der Waals surface area contributed by atoms with E-state index in [1.807, 2.05) is 55.5 Å². The predicted molar refractivity (Wildman–Crippen MR) is 79.0 cm³/mol. The molecule has 1 N–H and O–H groups in total. The van der Waals surface area contributed by atoms with Gasteiger partial charge in [0.05, 0.1) is 13.2 Å². The molecule has 0 radical (unpaired) electrons. The Bertz CT molecular complexity index is 534. The van der Waals surface area contributed by atoms with Crippen molar-refractivity contribution < 1.29 is 14.6 Å². The summed E-state index contributed by atoms with van der Waals surface area (Å²) >= 11 is 0. The third kappa shape index (κ3) is 3.52. The summed E-state index contributed by atoms with van der Waals surface area (Å²) in [6, 6.07) is 15.3. The van der Waals surface area contributed by atoms with E-state index in [4.69, 9.17) is 9.47 Å². The molecule has 1 atom stereocenters. The van der Waals surface area contributed by atoms with E-state index in [1.54, 1.807) is 7.11 Å². The van der Waals surface area contributed by atoms with Gasteiger partial charge in [0.15, 0.2) is 0 Å². The van der Waals surface area contributed by atoms with Gasteiger partial charge in [-0.25, -0.2) is 0 Å². The Labute approximate surface area is 119 Å². The normalized spacial score (nSPS) is 11.9. The summed E-state index contributed by atoms with van der Waals surface area (Å²) < 4.78 is 11.0. The van der Waals surface area contributed by atoms with Crippen molar-refractivity contribution in [2.75, 3.05) is 7.11 Å². The Morgan fingerprint density at radius 3 is 2.40 bits per heavy atom. The van der Waals surface area contributed by atoms with Crippen molar-refractivity contribution in [1.29, 1.82) is 0 Å². The Morgan fingerprint density at radius 2 is 1.75 bits per heavy atom. The van der Waals surface area contributed by atoms with Gasteiger partial charge in [-0.3, -0.25) is 0 Å². The average Bonchev–Trinajstić information content (AvgIpc) is 2.53. The van der Waals surface area contributed by atoms with Crippen LogP contribution in [0, 0.1) is 0 Å². The highest BCUT2D eigenvalue weighted by Gasteiger charge is 2.05. The zero-order valence-corrected chi connectivity index (χ0v) is 11.9. The molecule has 0 saturated carbocycles. The number of benzene rings is 2. The van der Waals surface area contributed by atoms with E-state index in [2.05, 4.69) is 0 Å². The van der Waals surface area contributed by atoms with Crippen LogP contribution >= 0.6 is 0 Å². The molecule has 2 rings (SSSR count). The van der Waals surface area contributed by atoms with Crippen LogP contribution < -0.4 is 9.47 Å². The van der Waals surface area contributed by atoms with Crippen molar-refractivity contribution in [2.45, 2.75) is 26.1 Å². The van der Waals surface area contributed by atoms with E-state index < -0.39 is 6.10 Å². The highest BCUT2D eigenvalue weighted by atomic mass is 16.5. The fourth-order valence-corrected chi connectivity index (χ4v) is 2.01. The molecule has 3 heteroatoms. The maximum Gasteiger partial charge on any atom is 0.125 e. The molecule has 0 saturated heterocycles. The third-order valence-corrected chi connectivity index (χ3v) is 3.24. The van der Waals surface area contributed by atoms with Crippen molar-refractivity contribution in [3.63, 3.8) is 0 Å². The lowest BCUT2D eigenvalue weighted by Crippen LogP contribution is -1.99. The molecular weight excluding hydrogens is 252 g/mol. The second-order valence-electron chi connectivity index (χ2n) is 4.59. The Morgan fingerprint density at radius 1 is 1.05 bits per heavy atom. The summed E-state index contributed by atoms with van der Waals surface area (Å²) in [7, 11) is 1.65. The van der Waals surface area contributed by atoms with Gasteiger partial charge >= 0.3 is 0 Å². The third-order valence-electron chi connectivity index (χ3n) is 3.24. The molecule has 0 amide bonds. The quantitative estimate of drug-likeness (QED) is 0.871. The molecule has 3 nitrogen and oxygen atoms in total. The summed E-state index contributed by atoms with van der Waals surface area (Å²) in [6.07, 6.45) is 0.305. The molecule has 20 heavy (non-hydrogen) atoms. The van der Waals surface area contributed by atoms with Gasteiger partial charge in [0.25, 0.3) is 0 Å². The molecule has 2 aromatic rings. The van der Waals surface area contributed by atoms with Crippen molar-refractivity contribution >= 4 is 0 Å². The first-order valence-corrected chi connectivity index (χ1v) is 6.77. The molecule has 2 aromatic carbocycles. The first kappa shape index (κ1) is 14.4. The van der Waals surface area contributed by atoms with Crippen LogP contribution in [-0.4, -0.2) is 12.2 Å². The van der Waals surface area contributed by atoms with Crippen LogP contribution in [0.2, 0.25) is 0 Å². The second-order valence-corrected chi connectivity index (χ2v) is 4.59. The van der Waals surface area contributed by atoms with Gasteiger partial charge in [-0.05, 0) is 30.2 Å². The number of methoxy groups -OCH3 is 1. The van der Waals surface area contributed by atoms with Gasteiger partial charge in [-0.1, -0.05) is 37.3 Å². The fourth-order valence-electron chi connectivity index (χ4n) is 2.01. The number of hydrogen-bond acceptors (Lipinski definition) is 3. The van der Waals surface area contributed by atoms with Gasteiger partial charge < -0.3 is 14.6 Å². The highest BCUT2D eigenvalue weighted by molar-refractivity contribution is 5.34. The molecule has 0 aliphatic heterocycles. The number of rotatable bonds is 6. The lowest BCUT2D eigenvalue weighted by atomic mass is 10.1. The molecule has 0 aliphatic rings. The van der Waals surface area contributed by atoms with Crippen LogP contribution in [0.5, 0.6) is 11.5 Å². The van der Waals surface area contributed by atoms with Crippen LogP contribution in [0.15, 0.2) is 48.5 Å². The number of aliphatic hydroxyl groups excluding tert-OH is 1. The number of para-hydroxylation sites is 1. The maximum atomic E-state index is 9.74. The maximum absolute atomic E-state index is 9.74. The van der Waals surface area contributed by atoms with E-state index in [1.165, 1.54) is 0 Å². The smallest absolute Gasteiger partial charge is 0.125 e. The van der Waals surface area contributed by atoms with Gasteiger partial charge in [-0.15, -0.1) is 0 Å². The van der Waals surface area contributed by atoms with Crippen molar-refractivity contribution in [3.8, 4) is 11.5 Å². The minimum Gasteiger partial charge on any atom is -0.496 e. The zero-order chi connectivity index (χ0) is 14.4. The van der Waals surface area contributed by atoms with Gasteiger partial charge in [-0.2, -0.15) is 0 Å². The van der Waals surface area contributed by atoms with E-state index in [0.717, 1.165) is 22.6 Å². The first-order chi connectivity index (χ1) is 9.74. The predicted octanol–water partition coefficient (Wildman–Crippen LogP) is 3.72. The summed E-state index contributed by atoms with van der Waals surface area (Å²) in [5.74, 6) is 1.61. The van der Waals surface area contributed by atoms with Crippen LogP contribution in [-0.2, 0) is 6.61 Å². The Balaban J connectivity index is 2.00. The lowest BCUT2D eigenvalue weighted by molar-refractivity contribution is 0.173. The summed E-state index contributed by atoms with van der Waals surface area (Å²) in [4.78, 5) is 0. The van der Waals surface area contributed by atoms with Gasteiger partial charge in [0, 0.05) is 5.56 Å². The molecule has 0 spiro atoms. The topological polar surface area (TPSA) is 38.7 Å². The molecule has 0 bridgehead atoms. The molecule has 0 heterocycles. The summed E-state index contributed by atoms with van der Waals surface area (Å²) in [5.41, 5.74) is 1.92. The summed E-state index contributed by atoms with van der Waals surface area (Å²) in [6.45, 7) is 2.41. The summed E-state index contributed by atoms with van der Waals surface area (Å²) in [5, 5.41) is 9.74. The number of ether oxygens (including phenoxy) is 2. The molecule has 106 valence electrons. The minimum atomic E-state index is -0.404.